The Balaban J connectivity index is 2.61. The molecule has 0 aliphatic heterocycles. The first-order valence-corrected chi connectivity index (χ1v) is 6.68. The molecule has 0 radical (unpaired) electrons. The molecule has 0 saturated carbocycles. The predicted octanol–water partition coefficient (Wildman–Crippen LogP) is 4.37. The van der Waals surface area contributed by atoms with E-state index in [0.717, 1.165) is 24.2 Å². The maximum atomic E-state index is 12.9. The highest BCUT2D eigenvalue weighted by Gasteiger charge is 2.32. The van der Waals surface area contributed by atoms with Gasteiger partial charge in [-0.3, -0.25) is 5.10 Å². The number of nitrogens with one attached hydrogen (secondary N) is 1. The average molecular weight is 297 g/mol. The van der Waals surface area contributed by atoms with Crippen LogP contribution in [0.3, 0.4) is 0 Å². The molecule has 0 fully saturated rings. The minimum absolute atomic E-state index is 0.214. The standard InChI is InChI=1S/C15H18F3N3/c1-4-14(2,3)12-11(13(19)21-20-12)9-6-5-7-10(8-9)15(16,17)18/h5-8H,4H2,1-3H3,(H3,19,20,21). The highest BCUT2D eigenvalue weighted by Crippen LogP contribution is 2.39. The summed E-state index contributed by atoms with van der Waals surface area (Å²) in [6, 6.07) is 5.15. The van der Waals surface area contributed by atoms with Crippen LogP contribution in [0.25, 0.3) is 11.1 Å². The van der Waals surface area contributed by atoms with E-state index in [1.165, 1.54) is 6.07 Å². The second-order valence-electron chi connectivity index (χ2n) is 5.67. The average Bonchev–Trinajstić information content (AvgIpc) is 2.80. The molecule has 0 bridgehead atoms. The molecule has 0 amide bonds. The molecule has 0 aliphatic rings. The monoisotopic (exact) mass is 297 g/mol. The summed E-state index contributed by atoms with van der Waals surface area (Å²) in [7, 11) is 0. The molecule has 0 spiro atoms. The van der Waals surface area contributed by atoms with Crippen LogP contribution in [0.2, 0.25) is 0 Å². The lowest BCUT2D eigenvalue weighted by Gasteiger charge is -2.23. The zero-order valence-electron chi connectivity index (χ0n) is 12.2. The number of alkyl halides is 3. The number of hydrogen-bond donors (Lipinski definition) is 2. The lowest BCUT2D eigenvalue weighted by Crippen LogP contribution is -2.17. The van der Waals surface area contributed by atoms with Crippen molar-refractivity contribution in [2.75, 3.05) is 5.73 Å². The SMILES string of the molecule is CCC(C)(C)c1[nH]nc(N)c1-c1cccc(C(F)(F)F)c1. The molecule has 1 heterocycles. The fourth-order valence-corrected chi connectivity index (χ4v) is 2.17. The lowest BCUT2D eigenvalue weighted by molar-refractivity contribution is -0.137. The fourth-order valence-electron chi connectivity index (χ4n) is 2.17. The number of hydrogen-bond acceptors (Lipinski definition) is 2. The van der Waals surface area contributed by atoms with E-state index in [4.69, 9.17) is 5.73 Å². The van der Waals surface area contributed by atoms with E-state index >= 15 is 0 Å². The molecule has 2 aromatic rings. The van der Waals surface area contributed by atoms with Crippen molar-refractivity contribution < 1.29 is 13.2 Å². The Kier molecular flexibility index (Phi) is 3.74. The number of benzene rings is 1. The predicted molar refractivity (Wildman–Crippen MR) is 76.8 cm³/mol. The van der Waals surface area contributed by atoms with Gasteiger partial charge in [0.2, 0.25) is 0 Å². The Morgan fingerprint density at radius 3 is 2.48 bits per heavy atom. The van der Waals surface area contributed by atoms with Crippen LogP contribution in [0, 0.1) is 0 Å². The number of nitrogens with zero attached hydrogens (tertiary/aromatic N) is 1. The van der Waals surface area contributed by atoms with E-state index in [9.17, 15) is 13.2 Å². The van der Waals surface area contributed by atoms with E-state index in [1.807, 2.05) is 20.8 Å². The summed E-state index contributed by atoms with van der Waals surface area (Å²) < 4.78 is 38.6. The topological polar surface area (TPSA) is 54.7 Å². The highest BCUT2D eigenvalue weighted by atomic mass is 19.4. The molecule has 2 rings (SSSR count). The molecule has 0 atom stereocenters. The normalized spacial score (nSPS) is 12.7. The van der Waals surface area contributed by atoms with Crippen molar-refractivity contribution in [2.45, 2.75) is 38.8 Å². The van der Waals surface area contributed by atoms with Gasteiger partial charge in [0.05, 0.1) is 11.3 Å². The van der Waals surface area contributed by atoms with Crippen LogP contribution >= 0.6 is 0 Å². The quantitative estimate of drug-likeness (QED) is 0.884. The van der Waals surface area contributed by atoms with Crippen molar-refractivity contribution in [1.29, 1.82) is 0 Å². The van der Waals surface area contributed by atoms with Crippen LogP contribution in [-0.4, -0.2) is 10.2 Å². The number of anilines is 1. The van der Waals surface area contributed by atoms with Gasteiger partial charge in [-0.2, -0.15) is 18.3 Å². The smallest absolute Gasteiger partial charge is 0.382 e. The van der Waals surface area contributed by atoms with Crippen LogP contribution in [0.15, 0.2) is 24.3 Å². The van der Waals surface area contributed by atoms with Gasteiger partial charge < -0.3 is 5.73 Å². The summed E-state index contributed by atoms with van der Waals surface area (Å²) in [6.07, 6.45) is -3.57. The molecule has 0 saturated heterocycles. The molecule has 21 heavy (non-hydrogen) atoms. The van der Waals surface area contributed by atoms with E-state index in [2.05, 4.69) is 10.2 Å². The summed E-state index contributed by atoms with van der Waals surface area (Å²) in [5.41, 5.74) is 6.64. The van der Waals surface area contributed by atoms with Gasteiger partial charge in [-0.05, 0) is 24.1 Å². The second kappa shape index (κ2) is 5.09. The van der Waals surface area contributed by atoms with Crippen molar-refractivity contribution in [1.82, 2.24) is 10.2 Å². The molecule has 1 aromatic carbocycles. The first kappa shape index (κ1) is 15.4. The van der Waals surface area contributed by atoms with Gasteiger partial charge in [0, 0.05) is 11.0 Å². The number of halogens is 3. The number of aromatic nitrogens is 2. The number of nitrogen functional groups attached to an aromatic ring is 1. The van der Waals surface area contributed by atoms with Gasteiger partial charge in [0.15, 0.2) is 5.82 Å². The van der Waals surface area contributed by atoms with Crippen molar-refractivity contribution in [3.05, 3.63) is 35.5 Å². The van der Waals surface area contributed by atoms with E-state index in [-0.39, 0.29) is 11.2 Å². The van der Waals surface area contributed by atoms with Crippen LogP contribution in [-0.2, 0) is 11.6 Å². The summed E-state index contributed by atoms with van der Waals surface area (Å²) in [5, 5.41) is 6.84. The number of nitrogens with two attached hydrogens (primary N) is 1. The number of aromatic amines is 1. The zero-order chi connectivity index (χ0) is 15.8. The highest BCUT2D eigenvalue weighted by molar-refractivity contribution is 5.77. The Morgan fingerprint density at radius 2 is 1.90 bits per heavy atom. The molecule has 0 aliphatic carbocycles. The molecular formula is C15H18F3N3. The summed E-state index contributed by atoms with van der Waals surface area (Å²) >= 11 is 0. The molecule has 0 unspecified atom stereocenters. The Morgan fingerprint density at radius 1 is 1.24 bits per heavy atom. The maximum Gasteiger partial charge on any atom is 0.416 e. The Bertz CT molecular complexity index is 642. The fraction of sp³-hybridized carbons (Fsp3) is 0.400. The molecule has 6 heteroatoms. The van der Waals surface area contributed by atoms with Crippen molar-refractivity contribution >= 4 is 5.82 Å². The van der Waals surface area contributed by atoms with Crippen molar-refractivity contribution in [3.63, 3.8) is 0 Å². The maximum absolute atomic E-state index is 12.9. The molecule has 114 valence electrons. The van der Waals surface area contributed by atoms with Crippen molar-refractivity contribution in [2.24, 2.45) is 0 Å². The first-order chi connectivity index (χ1) is 9.66. The van der Waals surface area contributed by atoms with Gasteiger partial charge in [0.25, 0.3) is 0 Å². The molecular weight excluding hydrogens is 279 g/mol. The summed E-state index contributed by atoms with van der Waals surface area (Å²) in [4.78, 5) is 0. The molecule has 1 aromatic heterocycles. The minimum atomic E-state index is -4.38. The van der Waals surface area contributed by atoms with E-state index in [1.54, 1.807) is 6.07 Å². The van der Waals surface area contributed by atoms with E-state index in [0.29, 0.717) is 11.1 Å². The van der Waals surface area contributed by atoms with Crippen LogP contribution in [0.4, 0.5) is 19.0 Å². The summed E-state index contributed by atoms with van der Waals surface area (Å²) in [5.74, 6) is 0.214. The minimum Gasteiger partial charge on any atom is -0.382 e. The first-order valence-electron chi connectivity index (χ1n) is 6.68. The van der Waals surface area contributed by atoms with Gasteiger partial charge in [-0.25, -0.2) is 0 Å². The zero-order valence-corrected chi connectivity index (χ0v) is 12.2. The third kappa shape index (κ3) is 2.89. The largest absolute Gasteiger partial charge is 0.416 e. The van der Waals surface area contributed by atoms with Crippen LogP contribution in [0.5, 0.6) is 0 Å². The van der Waals surface area contributed by atoms with Crippen LogP contribution in [0.1, 0.15) is 38.4 Å². The van der Waals surface area contributed by atoms with Crippen molar-refractivity contribution in [3.8, 4) is 11.1 Å². The van der Waals surface area contributed by atoms with Crippen LogP contribution < -0.4 is 5.73 Å². The summed E-state index contributed by atoms with van der Waals surface area (Å²) in [6.45, 7) is 6.00. The van der Waals surface area contributed by atoms with E-state index < -0.39 is 11.7 Å². The van der Waals surface area contributed by atoms with Gasteiger partial charge in [-0.15, -0.1) is 0 Å². The second-order valence-corrected chi connectivity index (χ2v) is 5.67. The number of rotatable bonds is 3. The number of H-pyrrole nitrogens is 1. The van der Waals surface area contributed by atoms with Gasteiger partial charge >= 0.3 is 6.18 Å². The Labute approximate surface area is 121 Å². The third-order valence-electron chi connectivity index (χ3n) is 3.83. The Hall–Kier alpha value is -1.98. The molecule has 3 nitrogen and oxygen atoms in total. The third-order valence-corrected chi connectivity index (χ3v) is 3.83. The lowest BCUT2D eigenvalue weighted by atomic mass is 9.82. The molecule has 3 N–H and O–H groups in total. The van der Waals surface area contributed by atoms with Gasteiger partial charge in [-0.1, -0.05) is 32.9 Å². The van der Waals surface area contributed by atoms with Gasteiger partial charge in [0.1, 0.15) is 0 Å².